The summed E-state index contributed by atoms with van der Waals surface area (Å²) in [5, 5.41) is 5.47. The van der Waals surface area contributed by atoms with Crippen LogP contribution in [0.25, 0.3) is 0 Å². The van der Waals surface area contributed by atoms with Crippen molar-refractivity contribution in [2.75, 3.05) is 16.4 Å². The van der Waals surface area contributed by atoms with Crippen molar-refractivity contribution in [1.29, 1.82) is 0 Å². The maximum atomic E-state index is 13.1. The maximum absolute atomic E-state index is 13.1. The van der Waals surface area contributed by atoms with Gasteiger partial charge in [-0.1, -0.05) is 29.4 Å². The van der Waals surface area contributed by atoms with E-state index >= 15 is 0 Å². The molecule has 1 aliphatic heterocycles. The van der Waals surface area contributed by atoms with Crippen LogP contribution in [0.5, 0.6) is 0 Å². The third-order valence-electron chi connectivity index (χ3n) is 3.40. The Morgan fingerprint density at radius 1 is 1.31 bits per heavy atom. The lowest BCUT2D eigenvalue weighted by molar-refractivity contribution is -0.113. The summed E-state index contributed by atoms with van der Waals surface area (Å²) in [6.07, 6.45) is 0. The number of thioether (sulfide) groups is 1. The minimum Gasteiger partial charge on any atom is -0.333 e. The number of aryl methyl sites for hydroxylation is 1. The fraction of sp³-hybridized carbons (Fsp3) is 0.125. The van der Waals surface area contributed by atoms with Crippen LogP contribution in [0.3, 0.4) is 0 Å². The number of anilines is 2. The molecule has 2 N–H and O–H groups in total. The fourth-order valence-electron chi connectivity index (χ4n) is 2.23. The second-order valence-corrected chi connectivity index (χ2v) is 8.41. The molecule has 0 bridgehead atoms. The lowest BCUT2D eigenvalue weighted by Gasteiger charge is -2.18. The molecule has 0 aliphatic carbocycles. The Balaban J connectivity index is 1.67. The second-order valence-electron chi connectivity index (χ2n) is 5.46. The van der Waals surface area contributed by atoms with Crippen LogP contribution in [0.1, 0.15) is 5.56 Å². The first-order valence-corrected chi connectivity index (χ1v) is 10.2. The molecule has 3 rings (SSSR count). The van der Waals surface area contributed by atoms with Gasteiger partial charge in [-0.15, -0.1) is 4.40 Å². The number of rotatable bonds is 3. The van der Waals surface area contributed by atoms with E-state index in [-0.39, 0.29) is 20.8 Å². The Hall–Kier alpha value is -2.10. The first-order chi connectivity index (χ1) is 12.2. The van der Waals surface area contributed by atoms with Gasteiger partial charge in [-0.3, -0.25) is 4.79 Å². The van der Waals surface area contributed by atoms with E-state index in [1.165, 1.54) is 18.2 Å². The highest BCUT2D eigenvalue weighted by molar-refractivity contribution is 8.15. The average Bonchev–Trinajstić information content (AvgIpc) is 2.55. The van der Waals surface area contributed by atoms with Crippen LogP contribution < -0.4 is 10.6 Å². The van der Waals surface area contributed by atoms with Crippen molar-refractivity contribution in [3.63, 3.8) is 0 Å². The molecule has 26 heavy (non-hydrogen) atoms. The number of sulfonamides is 1. The number of hydrogen-bond donors (Lipinski definition) is 2. The molecule has 0 aromatic heterocycles. The Labute approximate surface area is 158 Å². The highest BCUT2D eigenvalue weighted by Gasteiger charge is 2.25. The molecule has 2 aromatic carbocycles. The maximum Gasteiger partial charge on any atom is 0.286 e. The van der Waals surface area contributed by atoms with E-state index in [9.17, 15) is 17.6 Å². The first kappa shape index (κ1) is 18.7. The highest BCUT2D eigenvalue weighted by atomic mass is 35.5. The molecule has 0 radical (unpaired) electrons. The van der Waals surface area contributed by atoms with Crippen molar-refractivity contribution in [2.24, 2.45) is 4.40 Å². The number of nitrogens with one attached hydrogen (secondary N) is 2. The van der Waals surface area contributed by atoms with E-state index in [4.69, 9.17) is 11.6 Å². The van der Waals surface area contributed by atoms with Gasteiger partial charge in [0.05, 0.1) is 16.5 Å². The lowest BCUT2D eigenvalue weighted by atomic mass is 10.2. The molecule has 1 amide bonds. The molecule has 0 atom stereocenters. The summed E-state index contributed by atoms with van der Waals surface area (Å²) in [4.78, 5) is 12.1. The highest BCUT2D eigenvalue weighted by Crippen LogP contribution is 2.30. The molecule has 10 heteroatoms. The van der Waals surface area contributed by atoms with Crippen molar-refractivity contribution in [3.05, 3.63) is 52.8 Å². The number of fused-ring (bicyclic) bond motifs is 1. The number of carbonyl (C=O) groups excluding carboxylic acids is 1. The smallest absolute Gasteiger partial charge is 0.286 e. The number of amides is 1. The Morgan fingerprint density at radius 3 is 2.81 bits per heavy atom. The third kappa shape index (κ3) is 4.17. The predicted molar refractivity (Wildman–Crippen MR) is 102 cm³/mol. The third-order valence-corrected chi connectivity index (χ3v) is 6.01. The molecule has 136 valence electrons. The summed E-state index contributed by atoms with van der Waals surface area (Å²) in [6.45, 7) is 1.84. The molecule has 0 saturated heterocycles. The first-order valence-electron chi connectivity index (χ1n) is 7.35. The van der Waals surface area contributed by atoms with Crippen LogP contribution in [-0.2, 0) is 14.8 Å². The minimum atomic E-state index is -3.81. The molecule has 6 nitrogen and oxygen atoms in total. The minimum absolute atomic E-state index is 0.0858. The summed E-state index contributed by atoms with van der Waals surface area (Å²) in [5.74, 6) is -1.08. The summed E-state index contributed by atoms with van der Waals surface area (Å²) >= 11 is 6.61. The zero-order valence-corrected chi connectivity index (χ0v) is 15.8. The van der Waals surface area contributed by atoms with Gasteiger partial charge in [-0.25, -0.2) is 4.39 Å². The van der Waals surface area contributed by atoms with E-state index < -0.39 is 21.7 Å². The molecule has 1 heterocycles. The Bertz CT molecular complexity index is 1030. The Morgan fingerprint density at radius 2 is 2.08 bits per heavy atom. The normalized spacial score (nSPS) is 14.8. The molecule has 0 saturated carbocycles. The quantitative estimate of drug-likeness (QED) is 0.802. The average molecular weight is 414 g/mol. The van der Waals surface area contributed by atoms with Crippen molar-refractivity contribution >= 4 is 55.8 Å². The van der Waals surface area contributed by atoms with Gasteiger partial charge in [-0.2, -0.15) is 8.42 Å². The summed E-state index contributed by atoms with van der Waals surface area (Å²) in [5.41, 5.74) is 1.66. The van der Waals surface area contributed by atoms with E-state index in [0.29, 0.717) is 11.4 Å². The van der Waals surface area contributed by atoms with Crippen LogP contribution in [0, 0.1) is 12.7 Å². The molecule has 0 unspecified atom stereocenters. The molecular formula is C16H13ClFN3O3S2. The zero-order valence-electron chi connectivity index (χ0n) is 13.4. The van der Waals surface area contributed by atoms with E-state index in [2.05, 4.69) is 15.0 Å². The number of halogens is 2. The molecule has 2 aromatic rings. The molecule has 0 spiro atoms. The summed E-state index contributed by atoms with van der Waals surface area (Å²) in [6, 6.07) is 8.69. The van der Waals surface area contributed by atoms with Gasteiger partial charge in [0.2, 0.25) is 5.91 Å². The van der Waals surface area contributed by atoms with Crippen LogP contribution in [0.15, 0.2) is 45.7 Å². The van der Waals surface area contributed by atoms with Gasteiger partial charge in [0, 0.05) is 5.69 Å². The lowest BCUT2D eigenvalue weighted by Crippen LogP contribution is -2.22. The number of hydrogen-bond acceptors (Lipinski definition) is 5. The van der Waals surface area contributed by atoms with Crippen molar-refractivity contribution in [2.45, 2.75) is 11.8 Å². The van der Waals surface area contributed by atoms with Crippen molar-refractivity contribution in [3.8, 4) is 0 Å². The topological polar surface area (TPSA) is 87.6 Å². The zero-order chi connectivity index (χ0) is 18.9. The van der Waals surface area contributed by atoms with E-state index in [1.54, 1.807) is 12.1 Å². The van der Waals surface area contributed by atoms with Gasteiger partial charge >= 0.3 is 0 Å². The second kappa shape index (κ2) is 7.26. The summed E-state index contributed by atoms with van der Waals surface area (Å²) in [7, 11) is -3.81. The van der Waals surface area contributed by atoms with Crippen molar-refractivity contribution < 1.29 is 17.6 Å². The van der Waals surface area contributed by atoms with E-state index in [1.807, 2.05) is 6.92 Å². The summed E-state index contributed by atoms with van der Waals surface area (Å²) < 4.78 is 41.2. The van der Waals surface area contributed by atoms with Crippen LogP contribution in [0.2, 0.25) is 5.02 Å². The SMILES string of the molecule is Cc1ccc2c(c1)NC(SCC(=O)Nc1ccc(F)c(Cl)c1)=NS2(=O)=O. The van der Waals surface area contributed by atoms with Crippen molar-refractivity contribution in [1.82, 2.24) is 0 Å². The van der Waals surface area contributed by atoms with Gasteiger partial charge in [0.1, 0.15) is 10.7 Å². The van der Waals surface area contributed by atoms with Crippen LogP contribution >= 0.6 is 23.4 Å². The monoisotopic (exact) mass is 413 g/mol. The predicted octanol–water partition coefficient (Wildman–Crippen LogP) is 3.63. The number of benzene rings is 2. The molecule has 1 aliphatic rings. The standard InChI is InChI=1S/C16H13ClFN3O3S2/c1-9-2-5-14-13(6-9)20-16(21-26(14,23)24)25-8-15(22)19-10-3-4-12(18)11(17)7-10/h2-7H,8H2,1H3,(H,19,22)(H,20,21). The number of amidine groups is 1. The van der Waals surface area contributed by atoms with Gasteiger partial charge in [-0.05, 0) is 42.8 Å². The van der Waals surface area contributed by atoms with Gasteiger partial charge in [0.25, 0.3) is 10.0 Å². The van der Waals surface area contributed by atoms with Crippen LogP contribution in [0.4, 0.5) is 15.8 Å². The Kier molecular flexibility index (Phi) is 5.22. The van der Waals surface area contributed by atoms with E-state index in [0.717, 1.165) is 23.4 Å². The number of carbonyl (C=O) groups is 1. The fourth-order valence-corrected chi connectivity index (χ4v) is 4.43. The van der Waals surface area contributed by atoms with Gasteiger partial charge < -0.3 is 10.6 Å². The molecule has 0 fully saturated rings. The largest absolute Gasteiger partial charge is 0.333 e. The number of nitrogens with zero attached hydrogens (tertiary/aromatic N) is 1. The molecular weight excluding hydrogens is 401 g/mol. The van der Waals surface area contributed by atoms with Gasteiger partial charge in [0.15, 0.2) is 5.17 Å². The van der Waals surface area contributed by atoms with Crippen LogP contribution in [-0.4, -0.2) is 25.2 Å².